The van der Waals surface area contributed by atoms with E-state index in [1.165, 1.54) is 43.5 Å². The van der Waals surface area contributed by atoms with Crippen LogP contribution in [0.3, 0.4) is 0 Å². The van der Waals surface area contributed by atoms with E-state index in [4.69, 9.17) is 0 Å². The van der Waals surface area contributed by atoms with Crippen LogP contribution in [-0.2, 0) is 11.3 Å². The normalized spacial score (nSPS) is 25.2. The molecule has 132 valence electrons. The maximum atomic E-state index is 11.8. The Morgan fingerprint density at radius 2 is 2.04 bits per heavy atom. The number of rotatable bonds is 5. The lowest BCUT2D eigenvalue weighted by Crippen LogP contribution is -2.45. The molecule has 4 nitrogen and oxygen atoms in total. The van der Waals surface area contributed by atoms with Gasteiger partial charge in [0.25, 0.3) is 0 Å². The number of likely N-dealkylation sites (N-methyl/N-ethyl adjacent to an activating group) is 1. The number of hydrogen-bond donors (Lipinski definition) is 1. The first-order chi connectivity index (χ1) is 11.6. The summed E-state index contributed by atoms with van der Waals surface area (Å²) in [7, 11) is 0. The second kappa shape index (κ2) is 7.66. The second-order valence-electron chi connectivity index (χ2n) is 7.72. The highest BCUT2D eigenvalue weighted by Crippen LogP contribution is 2.39. The van der Waals surface area contributed by atoms with Gasteiger partial charge in [-0.1, -0.05) is 29.8 Å². The molecule has 0 bridgehead atoms. The van der Waals surface area contributed by atoms with Crippen LogP contribution < -0.4 is 5.32 Å². The fraction of sp³-hybridized carbons (Fsp3) is 0.650. The second-order valence-corrected chi connectivity index (χ2v) is 7.72. The zero-order valence-corrected chi connectivity index (χ0v) is 15.2. The van der Waals surface area contributed by atoms with Crippen molar-refractivity contribution in [3.63, 3.8) is 0 Å². The third-order valence-electron chi connectivity index (χ3n) is 5.49. The summed E-state index contributed by atoms with van der Waals surface area (Å²) in [4.78, 5) is 16.8. The van der Waals surface area contributed by atoms with Gasteiger partial charge >= 0.3 is 0 Å². The van der Waals surface area contributed by atoms with Crippen LogP contribution in [0.5, 0.6) is 0 Å². The fourth-order valence-electron chi connectivity index (χ4n) is 4.47. The van der Waals surface area contributed by atoms with E-state index in [0.29, 0.717) is 12.0 Å². The van der Waals surface area contributed by atoms with Crippen molar-refractivity contribution in [1.29, 1.82) is 0 Å². The van der Waals surface area contributed by atoms with Gasteiger partial charge in [-0.2, -0.15) is 0 Å². The lowest BCUT2D eigenvalue weighted by molar-refractivity contribution is -0.122. The van der Waals surface area contributed by atoms with E-state index in [-0.39, 0.29) is 5.91 Å². The summed E-state index contributed by atoms with van der Waals surface area (Å²) in [6.07, 6.45) is 3.82. The highest BCUT2D eigenvalue weighted by Gasteiger charge is 2.41. The summed E-state index contributed by atoms with van der Waals surface area (Å²) in [5.74, 6) is 0.168. The third kappa shape index (κ3) is 4.37. The molecule has 1 atom stereocenters. The number of amides is 1. The molecule has 2 heterocycles. The van der Waals surface area contributed by atoms with E-state index < -0.39 is 0 Å². The van der Waals surface area contributed by atoms with E-state index in [1.54, 1.807) is 0 Å². The molecule has 0 aromatic heterocycles. The highest BCUT2D eigenvalue weighted by molar-refractivity contribution is 5.77. The summed E-state index contributed by atoms with van der Waals surface area (Å²) >= 11 is 0. The molecule has 1 unspecified atom stereocenters. The van der Waals surface area contributed by atoms with Crippen molar-refractivity contribution in [1.82, 2.24) is 15.1 Å². The molecule has 1 amide bonds. The average molecular weight is 329 g/mol. The number of likely N-dealkylation sites (tertiary alicyclic amines) is 2. The van der Waals surface area contributed by atoms with Crippen molar-refractivity contribution >= 4 is 5.91 Å². The Bertz CT molecular complexity index is 574. The van der Waals surface area contributed by atoms with Gasteiger partial charge in [0.15, 0.2) is 0 Å². The Morgan fingerprint density at radius 3 is 2.83 bits per heavy atom. The first kappa shape index (κ1) is 17.4. The van der Waals surface area contributed by atoms with Gasteiger partial charge in [0.05, 0.1) is 6.54 Å². The standard InChI is InChI=1S/C20H31N3O/c1-3-21-19(24)14-23-11-9-20(16-23)8-5-10-22(15-20)13-18-7-4-6-17(2)12-18/h4,6-7,12H,3,5,8-11,13-16H2,1-2H3,(H,21,24). The summed E-state index contributed by atoms with van der Waals surface area (Å²) in [5.41, 5.74) is 3.16. The molecule has 3 rings (SSSR count). The van der Waals surface area contributed by atoms with E-state index in [1.807, 2.05) is 6.92 Å². The van der Waals surface area contributed by atoms with Crippen molar-refractivity contribution in [2.24, 2.45) is 5.41 Å². The van der Waals surface area contributed by atoms with Crippen molar-refractivity contribution in [3.05, 3.63) is 35.4 Å². The van der Waals surface area contributed by atoms with Crippen molar-refractivity contribution < 1.29 is 4.79 Å². The molecule has 4 heteroatoms. The molecule has 2 aliphatic rings. The van der Waals surface area contributed by atoms with Crippen LogP contribution >= 0.6 is 0 Å². The van der Waals surface area contributed by atoms with E-state index in [2.05, 4.69) is 46.3 Å². The number of nitrogens with zero attached hydrogens (tertiary/aromatic N) is 2. The zero-order chi connectivity index (χ0) is 17.0. The molecule has 0 aliphatic carbocycles. The lowest BCUT2D eigenvalue weighted by atomic mass is 9.79. The Balaban J connectivity index is 1.56. The molecule has 1 N–H and O–H groups in total. The predicted molar refractivity (Wildman–Crippen MR) is 97.9 cm³/mol. The van der Waals surface area contributed by atoms with Crippen LogP contribution in [0.25, 0.3) is 0 Å². The first-order valence-electron chi connectivity index (χ1n) is 9.35. The summed E-state index contributed by atoms with van der Waals surface area (Å²) in [6, 6.07) is 8.87. The highest BCUT2D eigenvalue weighted by atomic mass is 16.2. The Kier molecular flexibility index (Phi) is 5.57. The van der Waals surface area contributed by atoms with Crippen LogP contribution in [-0.4, -0.2) is 55.0 Å². The average Bonchev–Trinajstić information content (AvgIpc) is 2.89. The predicted octanol–water partition coefficient (Wildman–Crippen LogP) is 2.42. The van der Waals surface area contributed by atoms with Crippen LogP contribution in [0.15, 0.2) is 24.3 Å². The molecular weight excluding hydrogens is 298 g/mol. The molecular formula is C20H31N3O. The molecule has 2 fully saturated rings. The smallest absolute Gasteiger partial charge is 0.234 e. The van der Waals surface area contributed by atoms with Gasteiger partial charge in [-0.15, -0.1) is 0 Å². The number of carbonyl (C=O) groups excluding carboxylic acids is 1. The topological polar surface area (TPSA) is 35.6 Å². The Labute approximate surface area is 146 Å². The number of hydrogen-bond acceptors (Lipinski definition) is 3. The number of piperidine rings is 1. The Morgan fingerprint density at radius 1 is 1.21 bits per heavy atom. The molecule has 0 saturated carbocycles. The number of nitrogens with one attached hydrogen (secondary N) is 1. The monoisotopic (exact) mass is 329 g/mol. The van der Waals surface area contributed by atoms with Gasteiger partial charge in [-0.25, -0.2) is 0 Å². The van der Waals surface area contributed by atoms with Gasteiger partial charge in [-0.05, 0) is 57.2 Å². The molecule has 2 aliphatic heterocycles. The van der Waals surface area contributed by atoms with E-state index >= 15 is 0 Å². The van der Waals surface area contributed by atoms with Crippen LogP contribution in [0.4, 0.5) is 0 Å². The van der Waals surface area contributed by atoms with Gasteiger partial charge in [0.1, 0.15) is 0 Å². The maximum absolute atomic E-state index is 11.8. The van der Waals surface area contributed by atoms with Gasteiger partial charge < -0.3 is 5.32 Å². The number of carbonyl (C=O) groups is 1. The molecule has 24 heavy (non-hydrogen) atoms. The third-order valence-corrected chi connectivity index (χ3v) is 5.49. The minimum absolute atomic E-state index is 0.168. The van der Waals surface area contributed by atoms with E-state index in [9.17, 15) is 4.79 Å². The van der Waals surface area contributed by atoms with Crippen LogP contribution in [0, 0.1) is 12.3 Å². The van der Waals surface area contributed by atoms with Gasteiger partial charge in [0, 0.05) is 26.2 Å². The summed E-state index contributed by atoms with van der Waals surface area (Å²) in [6.45, 7) is 11.0. The molecule has 2 saturated heterocycles. The van der Waals surface area contributed by atoms with E-state index in [0.717, 1.165) is 26.2 Å². The number of aryl methyl sites for hydroxylation is 1. The maximum Gasteiger partial charge on any atom is 0.234 e. The minimum atomic E-state index is 0.168. The van der Waals surface area contributed by atoms with Crippen molar-refractivity contribution in [2.45, 2.75) is 39.7 Å². The molecule has 1 aromatic carbocycles. The minimum Gasteiger partial charge on any atom is -0.355 e. The summed E-state index contributed by atoms with van der Waals surface area (Å²) < 4.78 is 0. The lowest BCUT2D eigenvalue weighted by Gasteiger charge is -2.40. The van der Waals surface area contributed by atoms with Gasteiger partial charge in [-0.3, -0.25) is 14.6 Å². The summed E-state index contributed by atoms with van der Waals surface area (Å²) in [5, 5.41) is 2.92. The Hall–Kier alpha value is -1.39. The van der Waals surface area contributed by atoms with Crippen molar-refractivity contribution in [2.75, 3.05) is 39.3 Å². The largest absolute Gasteiger partial charge is 0.355 e. The fourth-order valence-corrected chi connectivity index (χ4v) is 4.47. The SMILES string of the molecule is CCNC(=O)CN1CCC2(CCCN(Cc3cccc(C)c3)C2)C1. The zero-order valence-electron chi connectivity index (χ0n) is 15.2. The van der Waals surface area contributed by atoms with Crippen LogP contribution in [0.2, 0.25) is 0 Å². The molecule has 1 spiro atoms. The van der Waals surface area contributed by atoms with Crippen LogP contribution in [0.1, 0.15) is 37.3 Å². The molecule has 0 radical (unpaired) electrons. The quantitative estimate of drug-likeness (QED) is 0.901. The first-order valence-corrected chi connectivity index (χ1v) is 9.35. The molecule has 1 aromatic rings. The van der Waals surface area contributed by atoms with Gasteiger partial charge in [0.2, 0.25) is 5.91 Å². The number of benzene rings is 1. The van der Waals surface area contributed by atoms with Crippen molar-refractivity contribution in [3.8, 4) is 0 Å².